The number of rotatable bonds is 5. The van der Waals surface area contributed by atoms with Crippen LogP contribution in [-0.4, -0.2) is 115 Å². The molecule has 0 radical (unpaired) electrons. The Morgan fingerprint density at radius 1 is 0.756 bits per heavy atom. The maximum absolute atomic E-state index is 12.0. The number of fused-ring (bicyclic) bond motifs is 1. The van der Waals surface area contributed by atoms with Gasteiger partial charge in [0.1, 0.15) is 13.2 Å². The molecular formula is C30H44N2O12S. The molecule has 4 N–H and O–H groups in total. The summed E-state index contributed by atoms with van der Waals surface area (Å²) in [5.41, 5.74) is 1.98. The van der Waals surface area contributed by atoms with Crippen LogP contribution in [-0.2, 0) is 42.6 Å². The van der Waals surface area contributed by atoms with E-state index in [-0.39, 0.29) is 24.9 Å². The molecule has 0 aromatic heterocycles. The van der Waals surface area contributed by atoms with Crippen molar-refractivity contribution in [3.05, 3.63) is 71.8 Å². The zero-order chi connectivity index (χ0) is 33.2. The van der Waals surface area contributed by atoms with E-state index in [0.29, 0.717) is 44.7 Å². The summed E-state index contributed by atoms with van der Waals surface area (Å²) in [6.07, 6.45) is 2.51. The van der Waals surface area contributed by atoms with Crippen molar-refractivity contribution >= 4 is 22.6 Å². The second kappa shape index (κ2) is 19.9. The van der Waals surface area contributed by atoms with Crippen LogP contribution in [0.25, 0.3) is 0 Å². The summed E-state index contributed by atoms with van der Waals surface area (Å²) in [7, 11) is -2.09. The molecule has 0 aliphatic carbocycles. The fourth-order valence-corrected chi connectivity index (χ4v) is 4.69. The van der Waals surface area contributed by atoms with Crippen LogP contribution >= 0.6 is 0 Å². The largest absolute Gasteiger partial charge is 0.445 e. The van der Waals surface area contributed by atoms with Crippen molar-refractivity contribution in [3.63, 3.8) is 0 Å². The minimum Gasteiger partial charge on any atom is -0.445 e. The smallest absolute Gasteiger partial charge is 0.410 e. The number of likely N-dealkylation sites (tertiary alicyclic amines) is 2. The Morgan fingerprint density at radius 2 is 1.13 bits per heavy atom. The average Bonchev–Trinajstić information content (AvgIpc) is 3.84. The lowest BCUT2D eigenvalue weighted by Gasteiger charge is -2.20. The molecule has 2 aromatic rings. The van der Waals surface area contributed by atoms with E-state index in [1.807, 2.05) is 60.7 Å². The minimum atomic E-state index is -4.67. The number of epoxide rings is 1. The Hall–Kier alpha value is -3.31. The SMILES string of the molecule is CO.CO[C@H]1CCN(C(=O)OCc2ccccc2)CC[C@@H]1O.O=C(OCc1ccccc1)N1CCC2OC2CC1.O=S(=O)(O)O. The maximum atomic E-state index is 12.0. The van der Waals surface area contributed by atoms with Crippen LogP contribution in [0.5, 0.6) is 0 Å². The summed E-state index contributed by atoms with van der Waals surface area (Å²) in [6.45, 7) is 3.15. The molecule has 0 bridgehead atoms. The van der Waals surface area contributed by atoms with Crippen molar-refractivity contribution in [3.8, 4) is 0 Å². The first-order chi connectivity index (χ1) is 21.5. The van der Waals surface area contributed by atoms with Crippen molar-refractivity contribution in [1.82, 2.24) is 9.80 Å². The molecular weight excluding hydrogens is 612 g/mol. The number of nitrogens with zero attached hydrogens (tertiary/aromatic N) is 2. The van der Waals surface area contributed by atoms with Gasteiger partial charge >= 0.3 is 22.6 Å². The number of ether oxygens (including phenoxy) is 4. The molecule has 2 amide bonds. The van der Waals surface area contributed by atoms with Gasteiger partial charge in [-0.15, -0.1) is 0 Å². The molecule has 252 valence electrons. The van der Waals surface area contributed by atoms with Crippen molar-refractivity contribution in [2.45, 2.75) is 63.3 Å². The quantitative estimate of drug-likeness (QED) is 0.272. The third kappa shape index (κ3) is 15.5. The van der Waals surface area contributed by atoms with Crippen LogP contribution in [0.1, 0.15) is 36.8 Å². The van der Waals surface area contributed by atoms with E-state index in [2.05, 4.69) is 0 Å². The van der Waals surface area contributed by atoms with Crippen molar-refractivity contribution in [2.24, 2.45) is 0 Å². The van der Waals surface area contributed by atoms with Gasteiger partial charge in [0.25, 0.3) is 0 Å². The molecule has 0 spiro atoms. The van der Waals surface area contributed by atoms with Gasteiger partial charge in [-0.3, -0.25) is 9.11 Å². The highest BCUT2D eigenvalue weighted by molar-refractivity contribution is 7.79. The Morgan fingerprint density at radius 3 is 1.53 bits per heavy atom. The van der Waals surface area contributed by atoms with E-state index in [1.165, 1.54) is 0 Å². The number of carbonyl (C=O) groups excluding carboxylic acids is 2. The normalized spacial score (nSPS) is 22.2. The van der Waals surface area contributed by atoms with Gasteiger partial charge < -0.3 is 39.0 Å². The van der Waals surface area contributed by atoms with Gasteiger partial charge in [-0.2, -0.15) is 8.42 Å². The van der Waals surface area contributed by atoms with Gasteiger partial charge in [-0.05, 0) is 36.8 Å². The summed E-state index contributed by atoms with van der Waals surface area (Å²) in [4.78, 5) is 27.3. The minimum absolute atomic E-state index is 0.207. The summed E-state index contributed by atoms with van der Waals surface area (Å²) in [5.74, 6) is 0. The zero-order valence-electron chi connectivity index (χ0n) is 25.5. The van der Waals surface area contributed by atoms with Gasteiger partial charge in [0.15, 0.2) is 0 Å². The molecule has 2 unspecified atom stereocenters. The number of hydrogen-bond donors (Lipinski definition) is 4. The second-order valence-electron chi connectivity index (χ2n) is 10.2. The monoisotopic (exact) mass is 656 g/mol. The van der Waals surface area contributed by atoms with Gasteiger partial charge in [0.2, 0.25) is 0 Å². The average molecular weight is 657 g/mol. The molecule has 2 aromatic carbocycles. The Balaban J connectivity index is 0.000000261. The third-order valence-electron chi connectivity index (χ3n) is 7.09. The number of aliphatic hydroxyl groups excluding tert-OH is 2. The van der Waals surface area contributed by atoms with Gasteiger partial charge in [-0.1, -0.05) is 60.7 Å². The molecule has 15 heteroatoms. The standard InChI is InChI=1S/C15H21NO4.C14H17NO3.CH4O.H2O4S/c1-19-14-8-10-16(9-7-13(14)17)15(18)20-11-12-5-3-2-4-6-12;16-14(17-10-11-4-2-1-3-5-11)15-8-6-12-13(18-12)7-9-15;1-2;1-5(2,3)4/h2-6,13-14,17H,7-11H2,1H3;1-5,12-13H,6-10H2;2H,1H3;(H2,1,2,3,4)/t13-,14-;;;/m0.../s1. The van der Waals surface area contributed by atoms with Crippen LogP contribution in [0, 0.1) is 0 Å². The topological polar surface area (TPSA) is 196 Å². The van der Waals surface area contributed by atoms with Gasteiger partial charge in [0, 0.05) is 40.4 Å². The molecule has 0 saturated carbocycles. The zero-order valence-corrected chi connectivity index (χ0v) is 26.3. The summed E-state index contributed by atoms with van der Waals surface area (Å²) < 4.78 is 52.8. The molecule has 4 atom stereocenters. The molecule has 3 saturated heterocycles. The highest BCUT2D eigenvalue weighted by atomic mass is 32.3. The first-order valence-corrected chi connectivity index (χ1v) is 15.9. The first-order valence-electron chi connectivity index (χ1n) is 14.5. The van der Waals surface area contributed by atoms with E-state index in [1.54, 1.807) is 16.9 Å². The fraction of sp³-hybridized carbons (Fsp3) is 0.533. The maximum Gasteiger partial charge on any atom is 0.410 e. The Labute approximate surface area is 264 Å². The van der Waals surface area contributed by atoms with Crippen LogP contribution in [0.3, 0.4) is 0 Å². The number of methoxy groups -OCH3 is 1. The highest BCUT2D eigenvalue weighted by Gasteiger charge is 2.41. The van der Waals surface area contributed by atoms with Crippen LogP contribution < -0.4 is 0 Å². The number of aliphatic hydroxyl groups is 2. The number of hydrogen-bond acceptors (Lipinski definition) is 10. The van der Waals surface area contributed by atoms with Crippen molar-refractivity contribution < 1.29 is 56.3 Å². The van der Waals surface area contributed by atoms with Crippen molar-refractivity contribution in [2.75, 3.05) is 40.4 Å². The Bertz CT molecular complexity index is 1220. The number of carbonyl (C=O) groups is 2. The second-order valence-corrected chi connectivity index (χ2v) is 11.1. The van der Waals surface area contributed by atoms with Crippen LogP contribution in [0.4, 0.5) is 9.59 Å². The third-order valence-corrected chi connectivity index (χ3v) is 7.09. The lowest BCUT2D eigenvalue weighted by atomic mass is 10.1. The lowest BCUT2D eigenvalue weighted by molar-refractivity contribution is -0.0122. The molecule has 14 nitrogen and oxygen atoms in total. The fourth-order valence-electron chi connectivity index (χ4n) is 4.69. The predicted molar refractivity (Wildman–Crippen MR) is 163 cm³/mol. The van der Waals surface area contributed by atoms with E-state index < -0.39 is 16.5 Å². The van der Waals surface area contributed by atoms with E-state index in [0.717, 1.165) is 44.2 Å². The van der Waals surface area contributed by atoms with Crippen LogP contribution in [0.15, 0.2) is 60.7 Å². The predicted octanol–water partition coefficient (Wildman–Crippen LogP) is 2.94. The number of benzene rings is 2. The molecule has 3 fully saturated rings. The van der Waals surface area contributed by atoms with E-state index >= 15 is 0 Å². The Kier molecular flexibility index (Phi) is 16.8. The van der Waals surface area contributed by atoms with Gasteiger partial charge in [0.05, 0.1) is 24.4 Å². The molecule has 3 aliphatic heterocycles. The highest BCUT2D eigenvalue weighted by Crippen LogP contribution is 2.31. The summed E-state index contributed by atoms with van der Waals surface area (Å²) in [5, 5.41) is 16.9. The summed E-state index contributed by atoms with van der Waals surface area (Å²) >= 11 is 0. The van der Waals surface area contributed by atoms with Crippen LogP contribution in [0.2, 0.25) is 0 Å². The van der Waals surface area contributed by atoms with E-state index in [4.69, 9.17) is 41.6 Å². The number of amides is 2. The van der Waals surface area contributed by atoms with Crippen molar-refractivity contribution in [1.29, 1.82) is 0 Å². The molecule has 5 rings (SSSR count). The molecule has 45 heavy (non-hydrogen) atoms. The van der Waals surface area contributed by atoms with E-state index in [9.17, 15) is 14.7 Å². The molecule has 3 heterocycles. The molecule has 3 aliphatic rings. The first kappa shape index (κ1) is 37.9. The summed E-state index contributed by atoms with van der Waals surface area (Å²) in [6, 6.07) is 19.3. The van der Waals surface area contributed by atoms with Gasteiger partial charge in [-0.25, -0.2) is 9.59 Å². The lowest BCUT2D eigenvalue weighted by Crippen LogP contribution is -2.33.